The average Bonchev–Trinajstić information content (AvgIpc) is 3.08. The van der Waals surface area contributed by atoms with Crippen molar-refractivity contribution < 1.29 is 4.79 Å². The summed E-state index contributed by atoms with van der Waals surface area (Å²) in [6.45, 7) is 3.33. The van der Waals surface area contributed by atoms with Crippen LogP contribution in [-0.2, 0) is 6.54 Å². The fraction of sp³-hybridized carbons (Fsp3) is 0.391. The largest absolute Gasteiger partial charge is 0.336 e. The number of fused-ring (bicyclic) bond motifs is 1. The summed E-state index contributed by atoms with van der Waals surface area (Å²) in [5, 5.41) is 6.14. The Morgan fingerprint density at radius 3 is 2.61 bits per heavy atom. The van der Waals surface area contributed by atoms with E-state index in [1.807, 2.05) is 18.2 Å². The molecule has 0 atom stereocenters. The predicted octanol–water partition coefficient (Wildman–Crippen LogP) is 4.64. The molecule has 0 bridgehead atoms. The first-order valence-corrected chi connectivity index (χ1v) is 10.3. The molecule has 5 heteroatoms. The van der Waals surface area contributed by atoms with Gasteiger partial charge in [-0.1, -0.05) is 61.2 Å². The molecule has 2 aromatic carbocycles. The van der Waals surface area contributed by atoms with Crippen LogP contribution in [0.5, 0.6) is 0 Å². The summed E-state index contributed by atoms with van der Waals surface area (Å²) in [7, 11) is 0. The molecule has 0 spiro atoms. The van der Waals surface area contributed by atoms with Crippen molar-refractivity contribution in [1.29, 1.82) is 0 Å². The van der Waals surface area contributed by atoms with Crippen LogP contribution in [0.2, 0.25) is 0 Å². The highest BCUT2D eigenvalue weighted by atomic mass is 16.2. The number of rotatable bonds is 5. The van der Waals surface area contributed by atoms with Gasteiger partial charge in [-0.3, -0.25) is 0 Å². The number of carbonyl (C=O) groups excluding carboxylic acids is 1. The summed E-state index contributed by atoms with van der Waals surface area (Å²) in [5.74, 6) is 0.940. The van der Waals surface area contributed by atoms with Crippen LogP contribution < -0.4 is 10.6 Å². The smallest absolute Gasteiger partial charge is 0.315 e. The first-order chi connectivity index (χ1) is 13.7. The third kappa shape index (κ3) is 4.19. The summed E-state index contributed by atoms with van der Waals surface area (Å²) >= 11 is 0. The number of urea groups is 1. The van der Waals surface area contributed by atoms with E-state index < -0.39 is 0 Å². The fourth-order valence-corrected chi connectivity index (χ4v) is 3.99. The van der Waals surface area contributed by atoms with Crippen LogP contribution in [0.3, 0.4) is 0 Å². The lowest BCUT2D eigenvalue weighted by atomic mass is 9.96. The molecular weight excluding hydrogens is 348 g/mol. The molecule has 1 aromatic heterocycles. The maximum atomic E-state index is 12.2. The molecule has 1 heterocycles. The Labute approximate surface area is 166 Å². The van der Waals surface area contributed by atoms with E-state index in [9.17, 15) is 4.79 Å². The number of benzene rings is 2. The Bertz CT molecular complexity index is 939. The molecule has 0 saturated heterocycles. The van der Waals surface area contributed by atoms with Gasteiger partial charge in [0.15, 0.2) is 0 Å². The first kappa shape index (κ1) is 18.5. The number of aromatic nitrogens is 2. The van der Waals surface area contributed by atoms with Crippen molar-refractivity contribution in [3.63, 3.8) is 0 Å². The van der Waals surface area contributed by atoms with Crippen molar-refractivity contribution >= 4 is 17.1 Å². The molecule has 0 radical (unpaired) electrons. The van der Waals surface area contributed by atoms with Gasteiger partial charge in [-0.25, -0.2) is 9.78 Å². The Hall–Kier alpha value is -2.82. The number of amides is 2. The van der Waals surface area contributed by atoms with Gasteiger partial charge in [-0.05, 0) is 31.9 Å². The molecule has 2 amide bonds. The third-order valence-corrected chi connectivity index (χ3v) is 5.53. The van der Waals surface area contributed by atoms with E-state index in [0.717, 1.165) is 35.3 Å². The molecular formula is C23H28N4O. The van der Waals surface area contributed by atoms with E-state index in [4.69, 9.17) is 4.98 Å². The topological polar surface area (TPSA) is 59.0 Å². The van der Waals surface area contributed by atoms with E-state index >= 15 is 0 Å². The maximum Gasteiger partial charge on any atom is 0.315 e. The second-order valence-electron chi connectivity index (χ2n) is 7.68. The normalized spacial score (nSPS) is 14.9. The van der Waals surface area contributed by atoms with Gasteiger partial charge in [0.25, 0.3) is 0 Å². The van der Waals surface area contributed by atoms with Crippen molar-refractivity contribution in [3.05, 3.63) is 54.1 Å². The van der Waals surface area contributed by atoms with E-state index in [0.29, 0.717) is 19.1 Å². The number of para-hydroxylation sites is 2. The molecule has 4 rings (SSSR count). The molecule has 1 aliphatic carbocycles. The molecule has 1 saturated carbocycles. The molecule has 0 unspecified atom stereocenters. The third-order valence-electron chi connectivity index (χ3n) is 5.53. The maximum absolute atomic E-state index is 12.2. The van der Waals surface area contributed by atoms with Crippen molar-refractivity contribution in [2.24, 2.45) is 0 Å². The van der Waals surface area contributed by atoms with Crippen LogP contribution in [0, 0.1) is 6.92 Å². The monoisotopic (exact) mass is 376 g/mol. The van der Waals surface area contributed by atoms with Crippen molar-refractivity contribution in [2.45, 2.75) is 51.6 Å². The minimum absolute atomic E-state index is 0.0618. The van der Waals surface area contributed by atoms with Gasteiger partial charge >= 0.3 is 6.03 Å². The molecule has 1 fully saturated rings. The van der Waals surface area contributed by atoms with Crippen LogP contribution in [-0.4, -0.2) is 28.2 Å². The van der Waals surface area contributed by atoms with Crippen molar-refractivity contribution in [3.8, 4) is 11.4 Å². The fourth-order valence-electron chi connectivity index (χ4n) is 3.99. The summed E-state index contributed by atoms with van der Waals surface area (Å²) in [6.07, 6.45) is 5.90. The van der Waals surface area contributed by atoms with Crippen LogP contribution in [0.4, 0.5) is 4.79 Å². The lowest BCUT2D eigenvalue weighted by Crippen LogP contribution is -2.43. The van der Waals surface area contributed by atoms with Gasteiger partial charge in [0.1, 0.15) is 5.82 Å². The molecule has 3 aromatic rings. The Kier molecular flexibility index (Phi) is 5.60. The number of hydrogen-bond acceptors (Lipinski definition) is 2. The zero-order valence-corrected chi connectivity index (χ0v) is 16.4. The van der Waals surface area contributed by atoms with Crippen LogP contribution in [0.25, 0.3) is 22.4 Å². The molecule has 1 aliphatic rings. The molecule has 28 heavy (non-hydrogen) atoms. The second kappa shape index (κ2) is 8.46. The summed E-state index contributed by atoms with van der Waals surface area (Å²) in [5.41, 5.74) is 4.39. The number of nitrogens with one attached hydrogen (secondary N) is 2. The zero-order chi connectivity index (χ0) is 19.3. The Morgan fingerprint density at radius 1 is 1.07 bits per heavy atom. The lowest BCUT2D eigenvalue weighted by Gasteiger charge is -2.23. The predicted molar refractivity (Wildman–Crippen MR) is 113 cm³/mol. The zero-order valence-electron chi connectivity index (χ0n) is 16.4. The van der Waals surface area contributed by atoms with Gasteiger partial charge in [-0.15, -0.1) is 0 Å². The summed E-state index contributed by atoms with van der Waals surface area (Å²) in [4.78, 5) is 17.1. The highest BCUT2D eigenvalue weighted by Crippen LogP contribution is 2.25. The quantitative estimate of drug-likeness (QED) is 0.681. The van der Waals surface area contributed by atoms with E-state index in [-0.39, 0.29) is 6.03 Å². The molecule has 5 nitrogen and oxygen atoms in total. The molecule has 146 valence electrons. The standard InChI is InChI=1S/C23H28N4O/c1-17-11-13-18(14-12-17)22-26-20-9-5-6-10-21(20)27(22)16-15-24-23(28)25-19-7-3-2-4-8-19/h5-6,9-14,19H,2-4,7-8,15-16H2,1H3,(H2,24,25,28). The lowest BCUT2D eigenvalue weighted by molar-refractivity contribution is 0.232. The van der Waals surface area contributed by atoms with Crippen LogP contribution >= 0.6 is 0 Å². The van der Waals surface area contributed by atoms with Crippen molar-refractivity contribution in [2.75, 3.05) is 6.54 Å². The summed E-state index contributed by atoms with van der Waals surface area (Å²) < 4.78 is 2.20. The SMILES string of the molecule is Cc1ccc(-c2nc3ccccc3n2CCNC(=O)NC2CCCCC2)cc1. The molecule has 2 N–H and O–H groups in total. The minimum Gasteiger partial charge on any atom is -0.336 e. The highest BCUT2D eigenvalue weighted by Gasteiger charge is 2.16. The van der Waals surface area contributed by atoms with Crippen LogP contribution in [0.1, 0.15) is 37.7 Å². The minimum atomic E-state index is -0.0618. The van der Waals surface area contributed by atoms with Gasteiger partial charge in [0.2, 0.25) is 0 Å². The van der Waals surface area contributed by atoms with Gasteiger partial charge in [-0.2, -0.15) is 0 Å². The van der Waals surface area contributed by atoms with Gasteiger partial charge < -0.3 is 15.2 Å². The first-order valence-electron chi connectivity index (χ1n) is 10.3. The van der Waals surface area contributed by atoms with Gasteiger partial charge in [0.05, 0.1) is 11.0 Å². The number of aryl methyl sites for hydroxylation is 1. The van der Waals surface area contributed by atoms with Crippen LogP contribution in [0.15, 0.2) is 48.5 Å². The van der Waals surface area contributed by atoms with Crippen molar-refractivity contribution in [1.82, 2.24) is 20.2 Å². The Balaban J connectivity index is 1.47. The average molecular weight is 377 g/mol. The molecule has 0 aliphatic heterocycles. The van der Waals surface area contributed by atoms with E-state index in [1.54, 1.807) is 0 Å². The highest BCUT2D eigenvalue weighted by molar-refractivity contribution is 5.80. The number of nitrogens with zero attached hydrogens (tertiary/aromatic N) is 2. The Morgan fingerprint density at radius 2 is 1.82 bits per heavy atom. The van der Waals surface area contributed by atoms with E-state index in [1.165, 1.54) is 24.8 Å². The number of hydrogen-bond donors (Lipinski definition) is 2. The van der Waals surface area contributed by atoms with E-state index in [2.05, 4.69) is 52.5 Å². The van der Waals surface area contributed by atoms with Gasteiger partial charge in [0, 0.05) is 24.7 Å². The second-order valence-corrected chi connectivity index (χ2v) is 7.68. The number of carbonyl (C=O) groups is 1. The number of imidazole rings is 1. The summed E-state index contributed by atoms with van der Waals surface area (Å²) in [6, 6.07) is 16.8.